The second kappa shape index (κ2) is 5.36. The maximum absolute atomic E-state index is 11.8. The Morgan fingerprint density at radius 1 is 1.28 bits per heavy atom. The summed E-state index contributed by atoms with van der Waals surface area (Å²) in [5.74, 6) is 0. The van der Waals surface area contributed by atoms with Gasteiger partial charge < -0.3 is 10.2 Å². The van der Waals surface area contributed by atoms with Crippen LogP contribution in [0.1, 0.15) is 19.4 Å². The van der Waals surface area contributed by atoms with Crippen molar-refractivity contribution in [1.82, 2.24) is 0 Å². The molecule has 0 aromatic heterocycles. The van der Waals surface area contributed by atoms with Crippen LogP contribution < -0.4 is 0 Å². The smallest absolute Gasteiger partial charge is 0.297 e. The molecule has 2 N–H and O–H groups in total. The largest absolute Gasteiger partial charge is 0.388 e. The zero-order chi connectivity index (χ0) is 14.0. The van der Waals surface area contributed by atoms with Crippen LogP contribution in [0.4, 0.5) is 0 Å². The van der Waals surface area contributed by atoms with E-state index >= 15 is 0 Å². The third kappa shape index (κ3) is 4.06. The van der Waals surface area contributed by atoms with E-state index in [0.29, 0.717) is 0 Å². The van der Waals surface area contributed by atoms with E-state index in [0.717, 1.165) is 5.56 Å². The SMILES string of the molecule is Cc1ccc(S(=O)(=O)OCC(O)C(C)(C)O)cc1. The van der Waals surface area contributed by atoms with Crippen molar-refractivity contribution in [3.63, 3.8) is 0 Å². The molecule has 0 aliphatic carbocycles. The number of hydrogen-bond acceptors (Lipinski definition) is 5. The molecule has 0 bridgehead atoms. The van der Waals surface area contributed by atoms with Crippen LogP contribution in [-0.4, -0.2) is 36.9 Å². The van der Waals surface area contributed by atoms with Crippen LogP contribution in [0.5, 0.6) is 0 Å². The Balaban J connectivity index is 2.75. The third-order valence-electron chi connectivity index (χ3n) is 2.51. The highest BCUT2D eigenvalue weighted by atomic mass is 32.2. The average Bonchev–Trinajstić information content (AvgIpc) is 2.25. The van der Waals surface area contributed by atoms with Gasteiger partial charge >= 0.3 is 0 Å². The molecule has 1 atom stereocenters. The molecule has 18 heavy (non-hydrogen) atoms. The third-order valence-corrected chi connectivity index (χ3v) is 3.80. The second-order valence-electron chi connectivity index (χ2n) is 4.72. The molecule has 0 radical (unpaired) electrons. The van der Waals surface area contributed by atoms with Crippen molar-refractivity contribution in [3.05, 3.63) is 29.8 Å². The van der Waals surface area contributed by atoms with Gasteiger partial charge in [-0.2, -0.15) is 8.42 Å². The molecule has 0 saturated heterocycles. The van der Waals surface area contributed by atoms with Crippen LogP contribution >= 0.6 is 0 Å². The standard InChI is InChI=1S/C12H18O5S/c1-9-4-6-10(7-5-9)18(15,16)17-8-11(13)12(2,3)14/h4-7,11,13-14H,8H2,1-3H3. The topological polar surface area (TPSA) is 83.8 Å². The van der Waals surface area contributed by atoms with E-state index in [9.17, 15) is 18.6 Å². The molecule has 1 aromatic rings. The lowest BCUT2D eigenvalue weighted by Gasteiger charge is -2.23. The first-order valence-electron chi connectivity index (χ1n) is 5.49. The number of rotatable bonds is 5. The van der Waals surface area contributed by atoms with Gasteiger partial charge in [-0.15, -0.1) is 0 Å². The number of benzene rings is 1. The van der Waals surface area contributed by atoms with Crippen LogP contribution in [0.3, 0.4) is 0 Å². The second-order valence-corrected chi connectivity index (χ2v) is 6.34. The van der Waals surface area contributed by atoms with Crippen molar-refractivity contribution in [2.75, 3.05) is 6.61 Å². The van der Waals surface area contributed by atoms with Gasteiger partial charge in [-0.1, -0.05) is 17.7 Å². The van der Waals surface area contributed by atoms with Gasteiger partial charge in [0.25, 0.3) is 10.1 Å². The first-order valence-corrected chi connectivity index (χ1v) is 6.90. The van der Waals surface area contributed by atoms with E-state index in [1.165, 1.54) is 26.0 Å². The molecule has 102 valence electrons. The Morgan fingerprint density at radius 2 is 1.78 bits per heavy atom. The summed E-state index contributed by atoms with van der Waals surface area (Å²) in [6.45, 7) is 4.11. The molecule has 1 rings (SSSR count). The molecule has 0 aliphatic heterocycles. The Morgan fingerprint density at radius 3 is 2.22 bits per heavy atom. The molecular formula is C12H18O5S. The van der Waals surface area contributed by atoms with Crippen LogP contribution in [0.2, 0.25) is 0 Å². The highest BCUT2D eigenvalue weighted by molar-refractivity contribution is 7.86. The van der Waals surface area contributed by atoms with E-state index in [4.69, 9.17) is 4.18 Å². The van der Waals surface area contributed by atoms with Crippen LogP contribution in [-0.2, 0) is 14.3 Å². The normalized spacial score (nSPS) is 14.5. The van der Waals surface area contributed by atoms with Gasteiger partial charge in [0.2, 0.25) is 0 Å². The van der Waals surface area contributed by atoms with Crippen molar-refractivity contribution in [2.24, 2.45) is 0 Å². The molecule has 6 heteroatoms. The van der Waals surface area contributed by atoms with Gasteiger partial charge in [-0.25, -0.2) is 0 Å². The van der Waals surface area contributed by atoms with E-state index in [2.05, 4.69) is 0 Å². The average molecular weight is 274 g/mol. The minimum atomic E-state index is -3.90. The van der Waals surface area contributed by atoms with Gasteiger partial charge in [-0.3, -0.25) is 4.18 Å². The lowest BCUT2D eigenvalue weighted by Crippen LogP contribution is -2.39. The predicted octanol–water partition coefficient (Wildman–Crippen LogP) is 0.832. The molecule has 0 aliphatic rings. The summed E-state index contributed by atoms with van der Waals surface area (Å²) in [5.41, 5.74) is -0.478. The Bertz CT molecular complexity index is 484. The van der Waals surface area contributed by atoms with E-state index in [1.54, 1.807) is 12.1 Å². The van der Waals surface area contributed by atoms with Gasteiger partial charge in [0.05, 0.1) is 17.1 Å². The monoisotopic (exact) mass is 274 g/mol. The zero-order valence-corrected chi connectivity index (χ0v) is 11.4. The summed E-state index contributed by atoms with van der Waals surface area (Å²) in [7, 11) is -3.90. The molecule has 1 aromatic carbocycles. The van der Waals surface area contributed by atoms with Crippen molar-refractivity contribution < 1.29 is 22.8 Å². The molecule has 0 saturated carbocycles. The van der Waals surface area contributed by atoms with E-state index in [-0.39, 0.29) is 4.90 Å². The number of aliphatic hydroxyl groups is 2. The minimum absolute atomic E-state index is 0.0241. The van der Waals surface area contributed by atoms with E-state index in [1.807, 2.05) is 6.92 Å². The van der Waals surface area contributed by atoms with Gasteiger partial charge in [0.15, 0.2) is 0 Å². The fraction of sp³-hybridized carbons (Fsp3) is 0.500. The minimum Gasteiger partial charge on any atom is -0.388 e. The first-order chi connectivity index (χ1) is 8.13. The molecule has 0 heterocycles. The molecule has 0 amide bonds. The van der Waals surface area contributed by atoms with Crippen molar-refractivity contribution in [2.45, 2.75) is 37.4 Å². The predicted molar refractivity (Wildman–Crippen MR) is 66.6 cm³/mol. The maximum atomic E-state index is 11.8. The van der Waals surface area contributed by atoms with Crippen molar-refractivity contribution in [1.29, 1.82) is 0 Å². The molecule has 0 spiro atoms. The number of aliphatic hydroxyl groups excluding tert-OH is 1. The lowest BCUT2D eigenvalue weighted by molar-refractivity contribution is -0.0652. The van der Waals surface area contributed by atoms with Crippen molar-refractivity contribution >= 4 is 10.1 Å². The van der Waals surface area contributed by atoms with E-state index < -0.39 is 28.4 Å². The highest BCUT2D eigenvalue weighted by Gasteiger charge is 2.27. The fourth-order valence-electron chi connectivity index (χ4n) is 1.13. The summed E-state index contributed by atoms with van der Waals surface area (Å²) in [4.78, 5) is 0.0241. The molecule has 5 nitrogen and oxygen atoms in total. The maximum Gasteiger partial charge on any atom is 0.297 e. The van der Waals surface area contributed by atoms with Gasteiger partial charge in [-0.05, 0) is 32.9 Å². The molecular weight excluding hydrogens is 256 g/mol. The summed E-state index contributed by atoms with van der Waals surface area (Å²) < 4.78 is 28.2. The summed E-state index contributed by atoms with van der Waals surface area (Å²) in [6, 6.07) is 6.17. The van der Waals surface area contributed by atoms with Crippen molar-refractivity contribution in [3.8, 4) is 0 Å². The lowest BCUT2D eigenvalue weighted by atomic mass is 10.0. The van der Waals surface area contributed by atoms with Crippen LogP contribution in [0.25, 0.3) is 0 Å². The Kier molecular flexibility index (Phi) is 4.50. The summed E-state index contributed by atoms with van der Waals surface area (Å²) in [6.07, 6.45) is -1.28. The Hall–Kier alpha value is -0.950. The first kappa shape index (κ1) is 15.1. The zero-order valence-electron chi connectivity index (χ0n) is 10.6. The summed E-state index contributed by atoms with van der Waals surface area (Å²) in [5, 5.41) is 19.0. The van der Waals surface area contributed by atoms with Gasteiger partial charge in [0.1, 0.15) is 6.10 Å². The fourth-order valence-corrected chi connectivity index (χ4v) is 2.04. The van der Waals surface area contributed by atoms with Crippen LogP contribution in [0.15, 0.2) is 29.2 Å². The quantitative estimate of drug-likeness (QED) is 0.777. The number of aryl methyl sites for hydroxylation is 1. The molecule has 1 unspecified atom stereocenters. The summed E-state index contributed by atoms with van der Waals surface area (Å²) >= 11 is 0. The molecule has 0 fully saturated rings. The van der Waals surface area contributed by atoms with Crippen LogP contribution in [0, 0.1) is 6.92 Å². The highest BCUT2D eigenvalue weighted by Crippen LogP contribution is 2.15. The number of hydrogen-bond donors (Lipinski definition) is 2. The van der Waals surface area contributed by atoms with Gasteiger partial charge in [0, 0.05) is 0 Å². The Labute approximate surface area is 107 Å².